The Hall–Kier alpha value is -1.00. The Morgan fingerprint density at radius 2 is 1.78 bits per heavy atom. The van der Waals surface area contributed by atoms with Crippen LogP contribution in [0.15, 0.2) is 24.3 Å². The van der Waals surface area contributed by atoms with Gasteiger partial charge in [-0.15, -0.1) is 11.8 Å². The average molecular weight is 333 g/mol. The second kappa shape index (κ2) is 7.71. The number of piperidine rings is 1. The maximum Gasteiger partial charge on any atom is 0.233 e. The van der Waals surface area contributed by atoms with E-state index in [4.69, 9.17) is 0 Å². The lowest BCUT2D eigenvalue weighted by Crippen LogP contribution is -2.39. The van der Waals surface area contributed by atoms with E-state index in [1.54, 1.807) is 11.8 Å². The van der Waals surface area contributed by atoms with Crippen LogP contribution >= 0.6 is 11.8 Å². The van der Waals surface area contributed by atoms with E-state index in [-0.39, 0.29) is 5.37 Å². The largest absolute Gasteiger partial charge is 0.325 e. The first-order valence-corrected chi connectivity index (χ1v) is 9.93. The number of likely N-dealkylation sites (tertiary alicyclic amines) is 1. The molecule has 2 heterocycles. The summed E-state index contributed by atoms with van der Waals surface area (Å²) in [6.07, 6.45) is 3.98. The molecular formula is C19H28N2OS. The molecule has 1 aromatic carbocycles. The fraction of sp³-hybridized carbons (Fsp3) is 0.632. The summed E-state index contributed by atoms with van der Waals surface area (Å²) in [6, 6.07) is 8.84. The average Bonchev–Trinajstić information content (AvgIpc) is 2.95. The van der Waals surface area contributed by atoms with Gasteiger partial charge in [0.1, 0.15) is 5.37 Å². The van der Waals surface area contributed by atoms with Gasteiger partial charge in [-0.1, -0.05) is 44.5 Å². The zero-order valence-electron chi connectivity index (χ0n) is 14.3. The van der Waals surface area contributed by atoms with Crippen molar-refractivity contribution in [1.82, 2.24) is 9.80 Å². The second-order valence-corrected chi connectivity index (χ2v) is 8.04. The SMILES string of the molecule is CC(C)c1ccc([C@@H]2SCC(=O)N2CCN2CCCCC2)cc1. The van der Waals surface area contributed by atoms with Gasteiger partial charge in [-0.2, -0.15) is 0 Å². The Bertz CT molecular complexity index is 523. The van der Waals surface area contributed by atoms with E-state index in [9.17, 15) is 4.79 Å². The molecule has 2 saturated heterocycles. The van der Waals surface area contributed by atoms with E-state index < -0.39 is 0 Å². The van der Waals surface area contributed by atoms with Crippen LogP contribution in [-0.2, 0) is 4.79 Å². The van der Waals surface area contributed by atoms with Crippen LogP contribution in [0.4, 0.5) is 0 Å². The minimum Gasteiger partial charge on any atom is -0.325 e. The fourth-order valence-corrected chi connectivity index (χ4v) is 4.67. The Labute approximate surface area is 144 Å². The monoisotopic (exact) mass is 332 g/mol. The van der Waals surface area contributed by atoms with E-state index in [2.05, 4.69) is 47.9 Å². The zero-order chi connectivity index (χ0) is 16.2. The lowest BCUT2D eigenvalue weighted by atomic mass is 10.0. The predicted octanol–water partition coefficient (Wildman–Crippen LogP) is 3.87. The lowest BCUT2D eigenvalue weighted by Gasteiger charge is -2.30. The first-order valence-electron chi connectivity index (χ1n) is 8.88. The number of benzene rings is 1. The highest BCUT2D eigenvalue weighted by molar-refractivity contribution is 8.00. The van der Waals surface area contributed by atoms with Crippen LogP contribution in [0.2, 0.25) is 0 Å². The van der Waals surface area contributed by atoms with Crippen LogP contribution in [0.1, 0.15) is 55.5 Å². The smallest absolute Gasteiger partial charge is 0.233 e. The number of hydrogen-bond donors (Lipinski definition) is 0. The number of carbonyl (C=O) groups is 1. The first kappa shape index (κ1) is 16.8. The molecule has 0 saturated carbocycles. The van der Waals surface area contributed by atoms with Crippen LogP contribution in [0.3, 0.4) is 0 Å². The molecule has 126 valence electrons. The van der Waals surface area contributed by atoms with Gasteiger partial charge >= 0.3 is 0 Å². The molecule has 0 bridgehead atoms. The standard InChI is InChI=1S/C19H28N2OS/c1-15(2)16-6-8-17(9-7-16)19-21(18(22)14-23-19)13-12-20-10-4-3-5-11-20/h6-9,15,19H,3-5,10-14H2,1-2H3/t19-/m0/s1. The number of nitrogens with zero attached hydrogens (tertiary/aromatic N) is 2. The summed E-state index contributed by atoms with van der Waals surface area (Å²) in [5.74, 6) is 1.47. The molecule has 0 N–H and O–H groups in total. The van der Waals surface area contributed by atoms with Gasteiger partial charge in [0.2, 0.25) is 5.91 Å². The van der Waals surface area contributed by atoms with Gasteiger partial charge in [0.25, 0.3) is 0 Å². The molecule has 0 radical (unpaired) electrons. The molecule has 1 aromatic rings. The third kappa shape index (κ3) is 4.10. The van der Waals surface area contributed by atoms with Crippen molar-refractivity contribution in [2.45, 2.75) is 44.4 Å². The van der Waals surface area contributed by atoms with Gasteiger partial charge in [-0.25, -0.2) is 0 Å². The minimum absolute atomic E-state index is 0.202. The van der Waals surface area contributed by atoms with Crippen molar-refractivity contribution < 1.29 is 4.79 Å². The normalized spacial score (nSPS) is 23.0. The maximum atomic E-state index is 12.3. The summed E-state index contributed by atoms with van der Waals surface area (Å²) < 4.78 is 0. The summed E-state index contributed by atoms with van der Waals surface area (Å²) in [5.41, 5.74) is 2.63. The minimum atomic E-state index is 0.202. The summed E-state index contributed by atoms with van der Waals surface area (Å²) in [5, 5.41) is 0.202. The Morgan fingerprint density at radius 1 is 1.09 bits per heavy atom. The maximum absolute atomic E-state index is 12.3. The molecule has 3 nitrogen and oxygen atoms in total. The number of amides is 1. The third-order valence-electron chi connectivity index (χ3n) is 4.96. The highest BCUT2D eigenvalue weighted by atomic mass is 32.2. The molecule has 1 amide bonds. The summed E-state index contributed by atoms with van der Waals surface area (Å²) >= 11 is 1.77. The van der Waals surface area contributed by atoms with Crippen molar-refractivity contribution in [1.29, 1.82) is 0 Å². The highest BCUT2D eigenvalue weighted by Crippen LogP contribution is 2.38. The molecule has 0 aromatic heterocycles. The van der Waals surface area contributed by atoms with Crippen LogP contribution in [0.25, 0.3) is 0 Å². The molecule has 23 heavy (non-hydrogen) atoms. The van der Waals surface area contributed by atoms with E-state index in [0.29, 0.717) is 17.6 Å². The lowest BCUT2D eigenvalue weighted by molar-refractivity contribution is -0.128. The van der Waals surface area contributed by atoms with Crippen LogP contribution < -0.4 is 0 Å². The van der Waals surface area contributed by atoms with Crippen molar-refractivity contribution >= 4 is 17.7 Å². The van der Waals surface area contributed by atoms with Gasteiger partial charge in [0, 0.05) is 13.1 Å². The van der Waals surface area contributed by atoms with E-state index in [0.717, 1.165) is 13.1 Å². The Balaban J connectivity index is 1.64. The van der Waals surface area contributed by atoms with Gasteiger partial charge < -0.3 is 9.80 Å². The van der Waals surface area contributed by atoms with Gasteiger partial charge in [0.15, 0.2) is 0 Å². The number of hydrogen-bond acceptors (Lipinski definition) is 3. The van der Waals surface area contributed by atoms with Gasteiger partial charge in [0.05, 0.1) is 5.75 Å². The van der Waals surface area contributed by atoms with E-state index >= 15 is 0 Å². The predicted molar refractivity (Wildman–Crippen MR) is 97.7 cm³/mol. The Kier molecular flexibility index (Phi) is 5.65. The molecule has 4 heteroatoms. The summed E-state index contributed by atoms with van der Waals surface area (Å²) in [6.45, 7) is 8.71. The molecule has 2 aliphatic heterocycles. The number of thioether (sulfide) groups is 1. The van der Waals surface area contributed by atoms with Crippen molar-refractivity contribution in [2.24, 2.45) is 0 Å². The van der Waals surface area contributed by atoms with Gasteiger partial charge in [-0.05, 0) is 43.0 Å². The van der Waals surface area contributed by atoms with Crippen molar-refractivity contribution in [2.75, 3.05) is 31.9 Å². The van der Waals surface area contributed by atoms with E-state index in [1.165, 1.54) is 43.5 Å². The zero-order valence-corrected chi connectivity index (χ0v) is 15.1. The topological polar surface area (TPSA) is 23.6 Å². The molecular weight excluding hydrogens is 304 g/mol. The third-order valence-corrected chi connectivity index (χ3v) is 6.22. The van der Waals surface area contributed by atoms with Crippen molar-refractivity contribution in [3.05, 3.63) is 35.4 Å². The first-order chi connectivity index (χ1) is 11.1. The summed E-state index contributed by atoms with van der Waals surface area (Å²) in [4.78, 5) is 16.9. The Morgan fingerprint density at radius 3 is 2.43 bits per heavy atom. The molecule has 0 aliphatic carbocycles. The van der Waals surface area contributed by atoms with Crippen LogP contribution in [0, 0.1) is 0 Å². The van der Waals surface area contributed by atoms with E-state index in [1.807, 2.05) is 0 Å². The van der Waals surface area contributed by atoms with Crippen LogP contribution in [-0.4, -0.2) is 47.6 Å². The molecule has 2 aliphatic rings. The number of rotatable bonds is 5. The molecule has 0 unspecified atom stereocenters. The number of carbonyl (C=O) groups excluding carboxylic acids is 1. The van der Waals surface area contributed by atoms with Crippen molar-refractivity contribution in [3.8, 4) is 0 Å². The summed E-state index contributed by atoms with van der Waals surface area (Å²) in [7, 11) is 0. The molecule has 0 spiro atoms. The highest BCUT2D eigenvalue weighted by Gasteiger charge is 2.32. The van der Waals surface area contributed by atoms with Crippen LogP contribution in [0.5, 0.6) is 0 Å². The second-order valence-electron chi connectivity index (χ2n) is 6.97. The molecule has 1 atom stereocenters. The van der Waals surface area contributed by atoms with Crippen molar-refractivity contribution in [3.63, 3.8) is 0 Å². The van der Waals surface area contributed by atoms with Gasteiger partial charge in [-0.3, -0.25) is 4.79 Å². The molecule has 2 fully saturated rings. The quantitative estimate of drug-likeness (QED) is 0.818. The fourth-order valence-electron chi connectivity index (χ4n) is 3.45. The molecule has 3 rings (SSSR count).